The molecule has 0 radical (unpaired) electrons. The predicted molar refractivity (Wildman–Crippen MR) is 218 cm³/mol. The minimum Gasteiger partial charge on any atom is -0.496 e. The van der Waals surface area contributed by atoms with Crippen LogP contribution in [0.25, 0.3) is 33.8 Å². The molecule has 22 heteroatoms. The zero-order valence-electron chi connectivity index (χ0n) is 35.4. The van der Waals surface area contributed by atoms with Crippen molar-refractivity contribution in [3.05, 3.63) is 95.6 Å². The number of carboxylic acid groups (broad SMARTS) is 1. The molecule has 0 bridgehead atoms. The molecule has 2 saturated carbocycles. The van der Waals surface area contributed by atoms with E-state index in [4.69, 9.17) is 14.6 Å². The van der Waals surface area contributed by atoms with Crippen molar-refractivity contribution in [2.24, 2.45) is 11.8 Å². The molecule has 0 aliphatic heterocycles. The molecule has 2 aliphatic rings. The topological polar surface area (TPSA) is 169 Å². The fourth-order valence-electron chi connectivity index (χ4n) is 7.25. The number of benzene rings is 2. The standard InChI is InChI=1S/C23H20F4N2O5.C22H18F4N2O5/c1-32-17-8-13(9-18(34-22(24)25)20(17)16(30)7-12-3-4-12)15-11-28-19-10-14(5-6-29(15)19)23(26,27)21(31)33-2;1-32-16-7-12(8-17(33-21(23)24)19(16)15(29)6-11-2-3-11)14-10-27-18-9-13(4-5-28(14)18)22(25,26)20(30)31/h5-6,8-12,22H,3-4,7H2,1-2H3;4-5,7-11,21H,2-3,6H2,1H3,(H,30,31). The first-order valence-corrected chi connectivity index (χ1v) is 20.2. The third kappa shape index (κ3) is 10.1. The summed E-state index contributed by atoms with van der Waals surface area (Å²) in [6.45, 7) is -6.38. The van der Waals surface area contributed by atoms with Crippen molar-refractivity contribution in [3.8, 4) is 45.5 Å². The van der Waals surface area contributed by atoms with Gasteiger partial charge in [-0.3, -0.25) is 18.4 Å². The lowest BCUT2D eigenvalue weighted by molar-refractivity contribution is -0.170. The molecule has 14 nitrogen and oxygen atoms in total. The van der Waals surface area contributed by atoms with Crippen molar-refractivity contribution in [2.45, 2.75) is 63.6 Å². The van der Waals surface area contributed by atoms with E-state index >= 15 is 0 Å². The summed E-state index contributed by atoms with van der Waals surface area (Å²) in [7, 11) is 3.44. The van der Waals surface area contributed by atoms with Crippen molar-refractivity contribution in [2.75, 3.05) is 21.3 Å². The van der Waals surface area contributed by atoms with Gasteiger partial charge in [0, 0.05) is 47.5 Å². The molecule has 0 amide bonds. The molecular formula is C45H38F8N4O10. The Balaban J connectivity index is 0.000000199. The number of imidazole rings is 2. The molecule has 354 valence electrons. The number of aliphatic carboxylic acids is 1. The van der Waals surface area contributed by atoms with E-state index in [1.165, 1.54) is 72.1 Å². The fourth-order valence-corrected chi connectivity index (χ4v) is 7.25. The highest BCUT2D eigenvalue weighted by Gasteiger charge is 2.43. The predicted octanol–water partition coefficient (Wildman–Crippen LogP) is 9.63. The van der Waals surface area contributed by atoms with Crippen molar-refractivity contribution in [3.63, 3.8) is 0 Å². The fraction of sp³-hybridized carbons (Fsp3) is 0.333. The van der Waals surface area contributed by atoms with Crippen LogP contribution in [-0.4, -0.2) is 81.9 Å². The van der Waals surface area contributed by atoms with E-state index < -0.39 is 48.1 Å². The monoisotopic (exact) mass is 946 g/mol. The highest BCUT2D eigenvalue weighted by Crippen LogP contribution is 2.43. The Morgan fingerprint density at radius 2 is 1.03 bits per heavy atom. The lowest BCUT2D eigenvalue weighted by Crippen LogP contribution is -2.27. The van der Waals surface area contributed by atoms with Crippen LogP contribution in [0.15, 0.2) is 73.3 Å². The number of nitrogens with zero attached hydrogens (tertiary/aromatic N) is 4. The van der Waals surface area contributed by atoms with Gasteiger partial charge in [-0.05, 0) is 86.1 Å². The number of methoxy groups -OCH3 is 3. The largest absolute Gasteiger partial charge is 0.496 e. The Kier molecular flexibility index (Phi) is 13.5. The number of carboxylic acids is 1. The summed E-state index contributed by atoms with van der Waals surface area (Å²) in [6.07, 6.45) is 9.04. The van der Waals surface area contributed by atoms with Gasteiger partial charge in [-0.1, -0.05) is 0 Å². The van der Waals surface area contributed by atoms with E-state index in [0.29, 0.717) is 17.0 Å². The van der Waals surface area contributed by atoms with Crippen LogP contribution in [0.3, 0.4) is 0 Å². The normalized spacial score (nSPS) is 13.9. The summed E-state index contributed by atoms with van der Waals surface area (Å²) < 4.78 is 136. The average Bonchev–Trinajstić information content (AvgIpc) is 4.20. The van der Waals surface area contributed by atoms with Gasteiger partial charge in [-0.25, -0.2) is 19.6 Å². The number of rotatable bonds is 18. The number of hydrogen-bond donors (Lipinski definition) is 1. The number of pyridine rings is 2. The molecule has 1 N–H and O–H groups in total. The summed E-state index contributed by atoms with van der Waals surface area (Å²) in [5.74, 6) is -13.0. The molecule has 0 unspecified atom stereocenters. The molecule has 2 aliphatic carbocycles. The number of ether oxygens (including phenoxy) is 5. The molecule has 0 spiro atoms. The summed E-state index contributed by atoms with van der Waals surface area (Å²) in [6, 6.07) is 9.29. The third-order valence-corrected chi connectivity index (χ3v) is 11.0. The number of ketones is 2. The van der Waals surface area contributed by atoms with Gasteiger partial charge in [0.1, 0.15) is 45.4 Å². The highest BCUT2D eigenvalue weighted by molar-refractivity contribution is 6.03. The maximum atomic E-state index is 14.2. The number of hydrogen-bond acceptors (Lipinski definition) is 11. The Bertz CT molecular complexity index is 2880. The van der Waals surface area contributed by atoms with Crippen LogP contribution in [0.4, 0.5) is 35.1 Å². The van der Waals surface area contributed by atoms with Gasteiger partial charge in [0.2, 0.25) is 0 Å². The van der Waals surface area contributed by atoms with Gasteiger partial charge in [0.05, 0.1) is 45.1 Å². The van der Waals surface area contributed by atoms with Crippen LogP contribution in [0, 0.1) is 11.8 Å². The quantitative estimate of drug-likeness (QED) is 0.0493. The van der Waals surface area contributed by atoms with Crippen LogP contribution < -0.4 is 18.9 Å². The Morgan fingerprint density at radius 1 is 0.642 bits per heavy atom. The van der Waals surface area contributed by atoms with Crippen LogP contribution in [0.1, 0.15) is 70.4 Å². The number of fused-ring (bicyclic) bond motifs is 2. The van der Waals surface area contributed by atoms with Crippen molar-refractivity contribution in [1.29, 1.82) is 0 Å². The minimum atomic E-state index is -4.11. The Morgan fingerprint density at radius 3 is 1.37 bits per heavy atom. The van der Waals surface area contributed by atoms with Crippen molar-refractivity contribution in [1.82, 2.24) is 18.8 Å². The van der Waals surface area contributed by atoms with Crippen LogP contribution in [0.5, 0.6) is 23.0 Å². The van der Waals surface area contributed by atoms with Gasteiger partial charge in [0.25, 0.3) is 0 Å². The molecule has 2 aromatic carbocycles. The maximum Gasteiger partial charge on any atom is 0.387 e. The maximum absolute atomic E-state index is 14.2. The first kappa shape index (κ1) is 47.7. The SMILES string of the molecule is COC(=O)C(F)(F)c1ccn2c(-c3cc(OC)c(C(=O)CC4CC4)c(OC(F)F)c3)cnc2c1.COc1cc(-c2cnc3cc(C(F)(F)C(=O)O)ccn23)cc(OC(F)F)c1C(=O)CC1CC1. The zero-order chi connectivity index (χ0) is 48.5. The summed E-state index contributed by atoms with van der Waals surface area (Å²) >= 11 is 0. The van der Waals surface area contributed by atoms with E-state index in [0.717, 1.165) is 57.1 Å². The van der Waals surface area contributed by atoms with Gasteiger partial charge in [-0.2, -0.15) is 35.1 Å². The second-order valence-electron chi connectivity index (χ2n) is 15.5. The number of halogens is 8. The minimum absolute atomic E-state index is 0.00704. The highest BCUT2D eigenvalue weighted by atomic mass is 19.3. The summed E-state index contributed by atoms with van der Waals surface area (Å²) in [4.78, 5) is 55.9. The number of carbonyl (C=O) groups is 4. The number of Topliss-reactive ketones (excluding diaryl/α,β-unsaturated/α-hetero) is 2. The molecule has 4 heterocycles. The van der Waals surface area contributed by atoms with E-state index in [-0.39, 0.29) is 87.2 Å². The number of aromatic nitrogens is 4. The Hall–Kier alpha value is -7.26. The van der Waals surface area contributed by atoms with Gasteiger partial charge in [0.15, 0.2) is 11.6 Å². The third-order valence-electron chi connectivity index (χ3n) is 11.0. The average molecular weight is 947 g/mol. The number of esters is 1. The van der Waals surface area contributed by atoms with Crippen molar-refractivity contribution < 1.29 is 83.1 Å². The van der Waals surface area contributed by atoms with Crippen molar-refractivity contribution >= 4 is 34.8 Å². The van der Waals surface area contributed by atoms with Gasteiger partial charge < -0.3 is 28.8 Å². The number of alkyl halides is 8. The smallest absolute Gasteiger partial charge is 0.387 e. The van der Waals surface area contributed by atoms with Crippen LogP contribution in [-0.2, 0) is 26.2 Å². The molecule has 8 rings (SSSR count). The van der Waals surface area contributed by atoms with Gasteiger partial charge in [-0.15, -0.1) is 0 Å². The van der Waals surface area contributed by atoms with E-state index in [1.54, 1.807) is 0 Å². The molecular weight excluding hydrogens is 908 g/mol. The lowest BCUT2D eigenvalue weighted by Gasteiger charge is -2.16. The number of carbonyl (C=O) groups excluding carboxylic acids is 3. The second kappa shape index (κ2) is 18.9. The van der Waals surface area contributed by atoms with E-state index in [9.17, 15) is 54.3 Å². The molecule has 67 heavy (non-hydrogen) atoms. The van der Waals surface area contributed by atoms with Gasteiger partial charge >= 0.3 is 37.0 Å². The van der Waals surface area contributed by atoms with Crippen LogP contribution >= 0.6 is 0 Å². The lowest BCUT2D eigenvalue weighted by atomic mass is 10.00. The summed E-state index contributed by atoms with van der Waals surface area (Å²) in [5, 5.41) is 8.75. The zero-order valence-corrected chi connectivity index (χ0v) is 35.4. The first-order chi connectivity index (χ1) is 31.8. The summed E-state index contributed by atoms with van der Waals surface area (Å²) in [5.41, 5.74) is -0.267. The molecule has 0 atom stereocenters. The van der Waals surface area contributed by atoms with Crippen LogP contribution in [0.2, 0.25) is 0 Å². The second-order valence-corrected chi connectivity index (χ2v) is 15.5. The first-order valence-electron chi connectivity index (χ1n) is 20.2. The molecule has 4 aromatic heterocycles. The van der Waals surface area contributed by atoms with E-state index in [2.05, 4.69) is 24.2 Å². The molecule has 0 saturated heterocycles. The van der Waals surface area contributed by atoms with E-state index in [1.807, 2.05) is 0 Å². The molecule has 6 aromatic rings. The molecule has 2 fully saturated rings. The Labute approximate surface area is 374 Å².